The summed E-state index contributed by atoms with van der Waals surface area (Å²) in [5.74, 6) is -1.50. The molecule has 2 rings (SSSR count). The summed E-state index contributed by atoms with van der Waals surface area (Å²) in [6.45, 7) is 3.50. The minimum absolute atomic E-state index is 0.00141. The van der Waals surface area contributed by atoms with Crippen molar-refractivity contribution in [3.05, 3.63) is 47.4 Å². The lowest BCUT2D eigenvalue weighted by Gasteiger charge is -2.19. The number of furan rings is 1. The Kier molecular flexibility index (Phi) is 7.00. The molecule has 1 aromatic heterocycles. The molecule has 0 bridgehead atoms. The summed E-state index contributed by atoms with van der Waals surface area (Å²) in [5, 5.41) is 2.59. The van der Waals surface area contributed by atoms with Crippen molar-refractivity contribution >= 4 is 39.2 Å². The van der Waals surface area contributed by atoms with Gasteiger partial charge in [-0.05, 0) is 30.3 Å². The molecule has 0 radical (unpaired) electrons. The predicted molar refractivity (Wildman–Crippen MR) is 99.2 cm³/mol. The largest absolute Gasteiger partial charge is 0.457 e. The van der Waals surface area contributed by atoms with Gasteiger partial charge in [0, 0.05) is 13.1 Å². The van der Waals surface area contributed by atoms with Crippen LogP contribution in [0.5, 0.6) is 0 Å². The molecule has 0 atom stereocenters. The molecule has 1 N–H and O–H groups in total. The van der Waals surface area contributed by atoms with Gasteiger partial charge in [0.25, 0.3) is 5.91 Å². The molecule has 8 nitrogen and oxygen atoms in total. The molecule has 1 aromatic carbocycles. The van der Waals surface area contributed by atoms with Crippen LogP contribution in [0.15, 0.2) is 45.9 Å². The second-order valence-corrected chi connectivity index (χ2v) is 7.68. The average molecular weight is 415 g/mol. The molecule has 0 unspecified atom stereocenters. The highest BCUT2D eigenvalue weighted by Gasteiger charge is 2.23. The normalized spacial score (nSPS) is 11.4. The van der Waals surface area contributed by atoms with Crippen LogP contribution in [0.1, 0.15) is 24.4 Å². The number of esters is 1. The first-order chi connectivity index (χ1) is 12.8. The van der Waals surface area contributed by atoms with E-state index in [2.05, 4.69) is 5.32 Å². The Hall–Kier alpha value is -2.36. The third-order valence-corrected chi connectivity index (χ3v) is 5.99. The van der Waals surface area contributed by atoms with E-state index >= 15 is 0 Å². The topological polar surface area (TPSA) is 106 Å². The van der Waals surface area contributed by atoms with Crippen LogP contribution in [-0.2, 0) is 19.6 Å². The molecule has 0 aliphatic rings. The van der Waals surface area contributed by atoms with E-state index in [-0.39, 0.29) is 21.4 Å². The molecule has 0 aliphatic carbocycles. The van der Waals surface area contributed by atoms with Gasteiger partial charge in [-0.25, -0.2) is 13.2 Å². The van der Waals surface area contributed by atoms with Crippen molar-refractivity contribution in [3.63, 3.8) is 0 Å². The van der Waals surface area contributed by atoms with Crippen LogP contribution in [0, 0.1) is 0 Å². The molecule has 1 amide bonds. The first-order valence-corrected chi connectivity index (χ1v) is 9.91. The van der Waals surface area contributed by atoms with Crippen LogP contribution in [-0.4, -0.2) is 44.3 Å². The number of halogens is 1. The molecule has 2 aromatic rings. The number of ether oxygens (including phenoxy) is 1. The molecular formula is C17H19ClN2O6S. The van der Waals surface area contributed by atoms with Crippen molar-refractivity contribution in [2.24, 2.45) is 0 Å². The van der Waals surface area contributed by atoms with Crippen molar-refractivity contribution in [1.82, 2.24) is 4.31 Å². The quantitative estimate of drug-likeness (QED) is 0.666. The number of anilines is 1. The van der Waals surface area contributed by atoms with E-state index in [1.54, 1.807) is 13.8 Å². The number of sulfonamides is 1. The first-order valence-electron chi connectivity index (χ1n) is 8.09. The second kappa shape index (κ2) is 9.03. The monoisotopic (exact) mass is 414 g/mol. The third kappa shape index (κ3) is 5.09. The molecule has 0 saturated carbocycles. The van der Waals surface area contributed by atoms with Crippen molar-refractivity contribution in [3.8, 4) is 0 Å². The lowest BCUT2D eigenvalue weighted by molar-refractivity contribution is -0.119. The van der Waals surface area contributed by atoms with E-state index in [9.17, 15) is 18.0 Å². The van der Waals surface area contributed by atoms with Crippen LogP contribution in [0.25, 0.3) is 0 Å². The number of rotatable bonds is 8. The van der Waals surface area contributed by atoms with Crippen LogP contribution in [0.2, 0.25) is 5.02 Å². The Labute approximate surface area is 162 Å². The number of amides is 1. The zero-order valence-electron chi connectivity index (χ0n) is 14.8. The number of nitrogens with zero attached hydrogens (tertiary/aromatic N) is 1. The minimum Gasteiger partial charge on any atom is -0.457 e. The number of nitrogens with one attached hydrogen (secondary N) is 1. The standard InChI is InChI=1S/C17H19ClN2O6S/c1-3-20(4-2)27(23,24)12-7-8-13(18)14(10-12)19-16(21)11-26-17(22)15-6-5-9-25-15/h5-10H,3-4,11H2,1-2H3,(H,19,21). The molecule has 10 heteroatoms. The zero-order chi connectivity index (χ0) is 20.0. The fraction of sp³-hybridized carbons (Fsp3) is 0.294. The van der Waals surface area contributed by atoms with Crippen molar-refractivity contribution < 1.29 is 27.2 Å². The molecule has 0 saturated heterocycles. The minimum atomic E-state index is -3.71. The van der Waals surface area contributed by atoms with Gasteiger partial charge in [0.15, 0.2) is 6.61 Å². The van der Waals surface area contributed by atoms with Crippen molar-refractivity contribution in [1.29, 1.82) is 0 Å². The van der Waals surface area contributed by atoms with Crippen LogP contribution in [0.3, 0.4) is 0 Å². The van der Waals surface area contributed by atoms with Gasteiger partial charge in [0.2, 0.25) is 15.8 Å². The zero-order valence-corrected chi connectivity index (χ0v) is 16.3. The molecule has 146 valence electrons. The molecule has 27 heavy (non-hydrogen) atoms. The third-order valence-electron chi connectivity index (χ3n) is 3.61. The van der Waals surface area contributed by atoms with E-state index in [1.807, 2.05) is 0 Å². The summed E-state index contributed by atoms with van der Waals surface area (Å²) in [7, 11) is -3.71. The van der Waals surface area contributed by atoms with Gasteiger partial charge in [0.1, 0.15) is 0 Å². The molecular weight excluding hydrogens is 396 g/mol. The Morgan fingerprint density at radius 2 is 1.93 bits per heavy atom. The van der Waals surface area contributed by atoms with Crippen LogP contribution in [0.4, 0.5) is 5.69 Å². The number of carbonyl (C=O) groups excluding carboxylic acids is 2. The maximum absolute atomic E-state index is 12.6. The highest BCUT2D eigenvalue weighted by Crippen LogP contribution is 2.27. The Morgan fingerprint density at radius 3 is 2.52 bits per heavy atom. The predicted octanol–water partition coefficient (Wildman–Crippen LogP) is 2.76. The second-order valence-electron chi connectivity index (χ2n) is 5.33. The van der Waals surface area contributed by atoms with E-state index < -0.39 is 28.5 Å². The van der Waals surface area contributed by atoms with Gasteiger partial charge in [-0.1, -0.05) is 25.4 Å². The van der Waals surface area contributed by atoms with Gasteiger partial charge in [-0.2, -0.15) is 4.31 Å². The summed E-state index contributed by atoms with van der Waals surface area (Å²) in [6.07, 6.45) is 1.30. The lowest BCUT2D eigenvalue weighted by Crippen LogP contribution is -2.30. The summed E-state index contributed by atoms with van der Waals surface area (Å²) < 4.78 is 36.1. The number of carbonyl (C=O) groups is 2. The van der Waals surface area contributed by atoms with Gasteiger partial charge < -0.3 is 14.5 Å². The summed E-state index contributed by atoms with van der Waals surface area (Å²) >= 11 is 6.04. The summed E-state index contributed by atoms with van der Waals surface area (Å²) in [5.41, 5.74) is 0.101. The van der Waals surface area contributed by atoms with E-state index in [0.29, 0.717) is 13.1 Å². The van der Waals surface area contributed by atoms with Gasteiger partial charge in [-0.3, -0.25) is 4.79 Å². The summed E-state index contributed by atoms with van der Waals surface area (Å²) in [4.78, 5) is 23.7. The highest BCUT2D eigenvalue weighted by molar-refractivity contribution is 7.89. The Bertz CT molecular complexity index is 908. The van der Waals surface area contributed by atoms with Crippen LogP contribution >= 0.6 is 11.6 Å². The molecule has 0 aliphatic heterocycles. The van der Waals surface area contributed by atoms with E-state index in [0.717, 1.165) is 0 Å². The lowest BCUT2D eigenvalue weighted by atomic mass is 10.3. The summed E-state index contributed by atoms with van der Waals surface area (Å²) in [6, 6.07) is 6.92. The Balaban J connectivity index is 2.10. The molecule has 1 heterocycles. The SMILES string of the molecule is CCN(CC)S(=O)(=O)c1ccc(Cl)c(NC(=O)COC(=O)c2ccco2)c1. The molecule has 0 spiro atoms. The van der Waals surface area contributed by atoms with Gasteiger partial charge in [0.05, 0.1) is 21.9 Å². The first kappa shape index (κ1) is 20.9. The van der Waals surface area contributed by atoms with E-state index in [4.69, 9.17) is 20.8 Å². The van der Waals surface area contributed by atoms with Gasteiger partial charge in [-0.15, -0.1) is 0 Å². The fourth-order valence-electron chi connectivity index (χ4n) is 2.26. The van der Waals surface area contributed by atoms with E-state index in [1.165, 1.54) is 40.9 Å². The smallest absolute Gasteiger partial charge is 0.374 e. The molecule has 0 fully saturated rings. The maximum Gasteiger partial charge on any atom is 0.374 e. The number of benzene rings is 1. The highest BCUT2D eigenvalue weighted by atomic mass is 35.5. The van der Waals surface area contributed by atoms with Crippen LogP contribution < -0.4 is 5.32 Å². The fourth-order valence-corrected chi connectivity index (χ4v) is 3.91. The van der Waals surface area contributed by atoms with Gasteiger partial charge >= 0.3 is 5.97 Å². The Morgan fingerprint density at radius 1 is 1.22 bits per heavy atom. The van der Waals surface area contributed by atoms with Crippen molar-refractivity contribution in [2.45, 2.75) is 18.7 Å². The van der Waals surface area contributed by atoms with Crippen molar-refractivity contribution in [2.75, 3.05) is 25.0 Å². The average Bonchev–Trinajstić information content (AvgIpc) is 3.17. The number of hydrogen-bond donors (Lipinski definition) is 1. The maximum atomic E-state index is 12.6. The number of hydrogen-bond acceptors (Lipinski definition) is 6.